The second-order valence-electron chi connectivity index (χ2n) is 7.50. The summed E-state index contributed by atoms with van der Waals surface area (Å²) in [7, 11) is 1.95. The van der Waals surface area contributed by atoms with E-state index in [4.69, 9.17) is 11.6 Å². The molecule has 0 saturated carbocycles. The first-order valence-electron chi connectivity index (χ1n) is 9.97. The molecular weight excluding hydrogens is 410 g/mol. The van der Waals surface area contributed by atoms with E-state index in [0.29, 0.717) is 16.2 Å². The standard InChI is InChI=1S/C24H20ClN5O/c1-15(28-23-22-19(11-12-26-23)29(2)14-27-22)20-13-16-7-6-10-18(25)21(16)24(31)30(20)17-8-4-3-5-9-17/h3-15H,1-2H3,(H,26,28)/t15-/m0/s1. The Morgan fingerprint density at radius 2 is 1.84 bits per heavy atom. The third-order valence-corrected chi connectivity index (χ3v) is 5.79. The molecule has 0 spiro atoms. The second kappa shape index (κ2) is 7.56. The highest BCUT2D eigenvalue weighted by Gasteiger charge is 2.19. The van der Waals surface area contributed by atoms with Crippen molar-refractivity contribution in [2.75, 3.05) is 5.32 Å². The Kier molecular flexibility index (Phi) is 4.71. The monoisotopic (exact) mass is 429 g/mol. The molecule has 3 heterocycles. The van der Waals surface area contributed by atoms with E-state index in [-0.39, 0.29) is 11.6 Å². The number of halogens is 1. The van der Waals surface area contributed by atoms with E-state index in [1.807, 2.05) is 73.1 Å². The predicted octanol–water partition coefficient (Wildman–Crippen LogP) is 5.10. The molecule has 0 fully saturated rings. The fraction of sp³-hybridized carbons (Fsp3) is 0.125. The summed E-state index contributed by atoms with van der Waals surface area (Å²) in [6.45, 7) is 2.01. The lowest BCUT2D eigenvalue weighted by Gasteiger charge is -2.21. The molecule has 2 aromatic carbocycles. The van der Waals surface area contributed by atoms with Gasteiger partial charge in [0.2, 0.25) is 0 Å². The van der Waals surface area contributed by atoms with Crippen LogP contribution in [-0.2, 0) is 7.05 Å². The highest BCUT2D eigenvalue weighted by atomic mass is 35.5. The quantitative estimate of drug-likeness (QED) is 0.431. The van der Waals surface area contributed by atoms with Crippen molar-refractivity contribution in [1.82, 2.24) is 19.1 Å². The number of hydrogen-bond donors (Lipinski definition) is 1. The average molecular weight is 430 g/mol. The van der Waals surface area contributed by atoms with Crippen LogP contribution in [0.5, 0.6) is 0 Å². The molecule has 0 saturated heterocycles. The van der Waals surface area contributed by atoms with E-state index in [9.17, 15) is 4.79 Å². The summed E-state index contributed by atoms with van der Waals surface area (Å²) < 4.78 is 3.66. The number of hydrogen-bond acceptors (Lipinski definition) is 4. The molecule has 5 rings (SSSR count). The van der Waals surface area contributed by atoms with Gasteiger partial charge in [-0.3, -0.25) is 9.36 Å². The fourth-order valence-corrected chi connectivity index (χ4v) is 4.21. The van der Waals surface area contributed by atoms with Crippen molar-refractivity contribution in [2.45, 2.75) is 13.0 Å². The van der Waals surface area contributed by atoms with Crippen LogP contribution in [-0.4, -0.2) is 19.1 Å². The average Bonchev–Trinajstić information content (AvgIpc) is 3.16. The summed E-state index contributed by atoms with van der Waals surface area (Å²) in [5.41, 5.74) is 3.20. The number of aryl methyl sites for hydroxylation is 1. The lowest BCUT2D eigenvalue weighted by Crippen LogP contribution is -2.25. The molecule has 5 aromatic rings. The van der Waals surface area contributed by atoms with Gasteiger partial charge in [-0.05, 0) is 42.6 Å². The molecule has 0 aliphatic heterocycles. The number of pyridine rings is 2. The van der Waals surface area contributed by atoms with Gasteiger partial charge in [0.25, 0.3) is 5.56 Å². The Hall–Kier alpha value is -3.64. The van der Waals surface area contributed by atoms with E-state index >= 15 is 0 Å². The van der Waals surface area contributed by atoms with Gasteiger partial charge in [-0.2, -0.15) is 0 Å². The van der Waals surface area contributed by atoms with Gasteiger partial charge in [-0.25, -0.2) is 9.97 Å². The molecule has 0 unspecified atom stereocenters. The van der Waals surface area contributed by atoms with Gasteiger partial charge in [0.05, 0.1) is 28.3 Å². The van der Waals surface area contributed by atoms with E-state index in [2.05, 4.69) is 15.3 Å². The van der Waals surface area contributed by atoms with Gasteiger partial charge >= 0.3 is 0 Å². The number of aromatic nitrogens is 4. The van der Waals surface area contributed by atoms with Crippen LogP contribution < -0.4 is 10.9 Å². The SMILES string of the molecule is C[C@H](Nc1nccc2c1ncn2C)c1cc2cccc(Cl)c2c(=O)n1-c1ccccc1. The van der Waals surface area contributed by atoms with Crippen molar-refractivity contribution in [3.8, 4) is 5.69 Å². The number of anilines is 1. The van der Waals surface area contributed by atoms with Crippen molar-refractivity contribution >= 4 is 39.2 Å². The van der Waals surface area contributed by atoms with Gasteiger partial charge < -0.3 is 9.88 Å². The van der Waals surface area contributed by atoms with Crippen LogP contribution in [0.15, 0.2) is 78.0 Å². The summed E-state index contributed by atoms with van der Waals surface area (Å²) >= 11 is 6.40. The molecule has 6 nitrogen and oxygen atoms in total. The number of benzene rings is 2. The van der Waals surface area contributed by atoms with Gasteiger partial charge in [-0.1, -0.05) is 41.9 Å². The number of rotatable bonds is 4. The van der Waals surface area contributed by atoms with Crippen molar-refractivity contribution in [1.29, 1.82) is 0 Å². The minimum atomic E-state index is -0.226. The molecule has 0 aliphatic carbocycles. The normalized spacial score (nSPS) is 12.4. The largest absolute Gasteiger partial charge is 0.360 e. The highest BCUT2D eigenvalue weighted by Crippen LogP contribution is 2.28. The first-order valence-corrected chi connectivity index (χ1v) is 10.3. The van der Waals surface area contributed by atoms with Crippen molar-refractivity contribution < 1.29 is 0 Å². The molecule has 1 atom stereocenters. The first kappa shape index (κ1) is 19.3. The molecule has 1 N–H and O–H groups in total. The molecular formula is C24H20ClN5O. The predicted molar refractivity (Wildman–Crippen MR) is 125 cm³/mol. The maximum atomic E-state index is 13.6. The Bertz CT molecular complexity index is 1470. The van der Waals surface area contributed by atoms with Crippen LogP contribution >= 0.6 is 11.6 Å². The Morgan fingerprint density at radius 3 is 2.65 bits per heavy atom. The van der Waals surface area contributed by atoms with Crippen LogP contribution in [0.25, 0.3) is 27.5 Å². The zero-order valence-corrected chi connectivity index (χ0v) is 17.8. The number of para-hydroxylation sites is 1. The molecule has 7 heteroatoms. The topological polar surface area (TPSA) is 64.7 Å². The van der Waals surface area contributed by atoms with Gasteiger partial charge in [0, 0.05) is 24.6 Å². The van der Waals surface area contributed by atoms with Gasteiger partial charge in [-0.15, -0.1) is 0 Å². The summed E-state index contributed by atoms with van der Waals surface area (Å²) in [6, 6.07) is 18.8. The van der Waals surface area contributed by atoms with E-state index in [0.717, 1.165) is 27.8 Å². The third-order valence-electron chi connectivity index (χ3n) is 5.48. The van der Waals surface area contributed by atoms with Crippen LogP contribution in [0.4, 0.5) is 5.82 Å². The summed E-state index contributed by atoms with van der Waals surface area (Å²) in [4.78, 5) is 22.5. The number of fused-ring (bicyclic) bond motifs is 2. The van der Waals surface area contributed by atoms with E-state index < -0.39 is 0 Å². The summed E-state index contributed by atoms with van der Waals surface area (Å²) in [6.07, 6.45) is 3.52. The molecule has 0 amide bonds. The molecule has 3 aromatic heterocycles. The van der Waals surface area contributed by atoms with E-state index in [1.54, 1.807) is 23.2 Å². The fourth-order valence-electron chi connectivity index (χ4n) is 3.95. The number of nitrogens with one attached hydrogen (secondary N) is 1. The first-order chi connectivity index (χ1) is 15.0. The van der Waals surface area contributed by atoms with Crippen LogP contribution in [0, 0.1) is 0 Å². The van der Waals surface area contributed by atoms with Crippen LogP contribution in [0.1, 0.15) is 18.7 Å². The minimum absolute atomic E-state index is 0.151. The molecule has 0 aliphatic rings. The Morgan fingerprint density at radius 1 is 1.03 bits per heavy atom. The Labute approximate surface area is 183 Å². The summed E-state index contributed by atoms with van der Waals surface area (Å²) in [5.74, 6) is 0.670. The van der Waals surface area contributed by atoms with Crippen molar-refractivity contribution in [2.24, 2.45) is 7.05 Å². The second-order valence-corrected chi connectivity index (χ2v) is 7.91. The zero-order valence-electron chi connectivity index (χ0n) is 17.1. The Balaban J connectivity index is 1.70. The maximum absolute atomic E-state index is 13.6. The van der Waals surface area contributed by atoms with Crippen molar-refractivity contribution in [3.63, 3.8) is 0 Å². The highest BCUT2D eigenvalue weighted by molar-refractivity contribution is 6.35. The number of nitrogens with zero attached hydrogens (tertiary/aromatic N) is 4. The van der Waals surface area contributed by atoms with Gasteiger partial charge in [0.1, 0.15) is 5.52 Å². The zero-order chi connectivity index (χ0) is 21.5. The van der Waals surface area contributed by atoms with Crippen LogP contribution in [0.2, 0.25) is 5.02 Å². The summed E-state index contributed by atoms with van der Waals surface area (Å²) in [5, 5.41) is 5.21. The third kappa shape index (κ3) is 3.25. The van der Waals surface area contributed by atoms with Crippen LogP contribution in [0.3, 0.4) is 0 Å². The van der Waals surface area contributed by atoms with Crippen molar-refractivity contribution in [3.05, 3.63) is 94.3 Å². The lowest BCUT2D eigenvalue weighted by atomic mass is 10.1. The molecule has 154 valence electrons. The molecule has 0 radical (unpaired) electrons. The minimum Gasteiger partial charge on any atom is -0.360 e. The smallest absolute Gasteiger partial charge is 0.264 e. The number of imidazole rings is 1. The lowest BCUT2D eigenvalue weighted by molar-refractivity contribution is 0.774. The maximum Gasteiger partial charge on any atom is 0.264 e. The van der Waals surface area contributed by atoms with Gasteiger partial charge in [0.15, 0.2) is 5.82 Å². The molecule has 0 bridgehead atoms. The van der Waals surface area contributed by atoms with E-state index in [1.165, 1.54) is 0 Å². The molecule has 31 heavy (non-hydrogen) atoms.